The van der Waals surface area contributed by atoms with Crippen molar-refractivity contribution in [1.82, 2.24) is 5.32 Å². The summed E-state index contributed by atoms with van der Waals surface area (Å²) in [5, 5.41) is 5.61. The van der Waals surface area contributed by atoms with E-state index in [0.717, 1.165) is 19.4 Å². The van der Waals surface area contributed by atoms with Gasteiger partial charge in [0.15, 0.2) is 6.61 Å². The maximum Gasteiger partial charge on any atom is 0.262 e. The van der Waals surface area contributed by atoms with Crippen LogP contribution in [0.1, 0.15) is 23.2 Å². The molecule has 2 amide bonds. The molecule has 1 aliphatic rings. The molecule has 0 spiro atoms. The van der Waals surface area contributed by atoms with Crippen molar-refractivity contribution in [2.45, 2.75) is 18.9 Å². The van der Waals surface area contributed by atoms with E-state index in [0.29, 0.717) is 23.5 Å². The first-order valence-corrected chi connectivity index (χ1v) is 8.68. The Labute approximate surface area is 152 Å². The summed E-state index contributed by atoms with van der Waals surface area (Å²) in [6.07, 6.45) is 2.14. The van der Waals surface area contributed by atoms with Gasteiger partial charge in [0.25, 0.3) is 11.8 Å². The maximum atomic E-state index is 12.1. The highest BCUT2D eigenvalue weighted by Crippen LogP contribution is 2.13. The van der Waals surface area contributed by atoms with E-state index < -0.39 is 0 Å². The van der Waals surface area contributed by atoms with Crippen molar-refractivity contribution in [2.75, 3.05) is 25.1 Å². The number of hydrogen-bond donors (Lipinski definition) is 2. The standard InChI is InChI=1S/C20H22N2O4/c23-19(14-26-17-5-2-1-3-6-17)22-16-10-8-15(9-11-16)20(24)21-13-18-7-4-12-25-18/h1-3,5-6,8-11,18H,4,7,12-14H2,(H,21,24)(H,22,23)/t18-/m0/s1. The molecule has 1 heterocycles. The number of benzene rings is 2. The largest absolute Gasteiger partial charge is 0.484 e. The van der Waals surface area contributed by atoms with Gasteiger partial charge in [-0.3, -0.25) is 9.59 Å². The first kappa shape index (κ1) is 17.9. The van der Waals surface area contributed by atoms with E-state index in [2.05, 4.69) is 10.6 Å². The molecule has 136 valence electrons. The predicted octanol–water partition coefficient (Wildman–Crippen LogP) is 2.61. The van der Waals surface area contributed by atoms with Gasteiger partial charge < -0.3 is 20.1 Å². The molecule has 1 saturated heterocycles. The lowest BCUT2D eigenvalue weighted by molar-refractivity contribution is -0.118. The van der Waals surface area contributed by atoms with Crippen LogP contribution in [0.3, 0.4) is 0 Å². The van der Waals surface area contributed by atoms with E-state index in [4.69, 9.17) is 9.47 Å². The molecule has 1 aliphatic heterocycles. The highest BCUT2D eigenvalue weighted by atomic mass is 16.5. The van der Waals surface area contributed by atoms with Gasteiger partial charge in [0, 0.05) is 24.4 Å². The number of hydrogen-bond acceptors (Lipinski definition) is 4. The van der Waals surface area contributed by atoms with Crippen LogP contribution < -0.4 is 15.4 Å². The fraction of sp³-hybridized carbons (Fsp3) is 0.300. The van der Waals surface area contributed by atoms with Gasteiger partial charge >= 0.3 is 0 Å². The summed E-state index contributed by atoms with van der Waals surface area (Å²) < 4.78 is 10.9. The van der Waals surface area contributed by atoms with Crippen LogP contribution in [0.25, 0.3) is 0 Å². The van der Waals surface area contributed by atoms with Crippen LogP contribution in [-0.2, 0) is 9.53 Å². The van der Waals surface area contributed by atoms with Gasteiger partial charge in [-0.15, -0.1) is 0 Å². The number of amides is 2. The smallest absolute Gasteiger partial charge is 0.262 e. The van der Waals surface area contributed by atoms with E-state index in [-0.39, 0.29) is 24.5 Å². The quantitative estimate of drug-likeness (QED) is 0.801. The molecule has 0 unspecified atom stereocenters. The Morgan fingerprint density at radius 3 is 2.54 bits per heavy atom. The van der Waals surface area contributed by atoms with Crippen LogP contribution in [0.4, 0.5) is 5.69 Å². The highest BCUT2D eigenvalue weighted by Gasteiger charge is 2.16. The zero-order valence-corrected chi connectivity index (χ0v) is 14.4. The number of anilines is 1. The van der Waals surface area contributed by atoms with E-state index in [9.17, 15) is 9.59 Å². The van der Waals surface area contributed by atoms with Crippen LogP contribution in [0.15, 0.2) is 54.6 Å². The lowest BCUT2D eigenvalue weighted by Gasteiger charge is -2.11. The summed E-state index contributed by atoms with van der Waals surface area (Å²) in [7, 11) is 0. The van der Waals surface area contributed by atoms with Crippen LogP contribution in [0.5, 0.6) is 5.75 Å². The fourth-order valence-electron chi connectivity index (χ4n) is 2.68. The third-order valence-electron chi connectivity index (χ3n) is 4.06. The number of nitrogens with one attached hydrogen (secondary N) is 2. The second kappa shape index (κ2) is 9.01. The summed E-state index contributed by atoms with van der Waals surface area (Å²) in [4.78, 5) is 24.0. The SMILES string of the molecule is O=C(COc1ccccc1)Nc1ccc(C(=O)NC[C@@H]2CCCO2)cc1. The molecule has 2 aromatic rings. The van der Waals surface area contributed by atoms with E-state index in [1.54, 1.807) is 36.4 Å². The Balaban J connectivity index is 1.44. The van der Waals surface area contributed by atoms with Crippen molar-refractivity contribution in [2.24, 2.45) is 0 Å². The molecule has 0 radical (unpaired) electrons. The van der Waals surface area contributed by atoms with Crippen molar-refractivity contribution in [1.29, 1.82) is 0 Å². The Morgan fingerprint density at radius 1 is 1.08 bits per heavy atom. The van der Waals surface area contributed by atoms with Gasteiger partial charge in [-0.25, -0.2) is 0 Å². The van der Waals surface area contributed by atoms with E-state index >= 15 is 0 Å². The molecule has 1 atom stereocenters. The van der Waals surface area contributed by atoms with Gasteiger partial charge in [-0.05, 0) is 49.2 Å². The molecule has 0 saturated carbocycles. The van der Waals surface area contributed by atoms with Crippen LogP contribution >= 0.6 is 0 Å². The molecule has 0 aromatic heterocycles. The van der Waals surface area contributed by atoms with Crippen LogP contribution in [0.2, 0.25) is 0 Å². The molecular weight excluding hydrogens is 332 g/mol. The fourth-order valence-corrected chi connectivity index (χ4v) is 2.68. The van der Waals surface area contributed by atoms with Crippen molar-refractivity contribution in [3.63, 3.8) is 0 Å². The van der Waals surface area contributed by atoms with Crippen molar-refractivity contribution in [3.8, 4) is 5.75 Å². The molecule has 0 bridgehead atoms. The average molecular weight is 354 g/mol. The Bertz CT molecular complexity index is 725. The molecule has 2 aromatic carbocycles. The molecule has 0 aliphatic carbocycles. The van der Waals surface area contributed by atoms with Crippen LogP contribution in [0, 0.1) is 0 Å². The normalized spacial score (nSPS) is 16.1. The average Bonchev–Trinajstić information content (AvgIpc) is 3.19. The highest BCUT2D eigenvalue weighted by molar-refractivity contribution is 5.96. The molecular formula is C20H22N2O4. The molecule has 1 fully saturated rings. The van der Waals surface area contributed by atoms with Gasteiger partial charge in [-0.1, -0.05) is 18.2 Å². The lowest BCUT2D eigenvalue weighted by atomic mass is 10.2. The minimum Gasteiger partial charge on any atom is -0.484 e. The Morgan fingerprint density at radius 2 is 1.85 bits per heavy atom. The Kier molecular flexibility index (Phi) is 6.22. The zero-order valence-electron chi connectivity index (χ0n) is 14.4. The zero-order chi connectivity index (χ0) is 18.2. The first-order valence-electron chi connectivity index (χ1n) is 8.68. The predicted molar refractivity (Wildman–Crippen MR) is 98.3 cm³/mol. The topological polar surface area (TPSA) is 76.7 Å². The van der Waals surface area contributed by atoms with Crippen molar-refractivity contribution >= 4 is 17.5 Å². The second-order valence-electron chi connectivity index (χ2n) is 6.07. The molecule has 6 nitrogen and oxygen atoms in total. The van der Waals surface area contributed by atoms with Gasteiger partial charge in [0.2, 0.25) is 0 Å². The van der Waals surface area contributed by atoms with Gasteiger partial charge in [0.05, 0.1) is 6.10 Å². The number of ether oxygens (including phenoxy) is 2. The van der Waals surface area contributed by atoms with Crippen molar-refractivity contribution < 1.29 is 19.1 Å². The van der Waals surface area contributed by atoms with E-state index in [1.807, 2.05) is 18.2 Å². The van der Waals surface area contributed by atoms with Gasteiger partial charge in [0.1, 0.15) is 5.75 Å². The van der Waals surface area contributed by atoms with E-state index in [1.165, 1.54) is 0 Å². The summed E-state index contributed by atoms with van der Waals surface area (Å²) in [5.74, 6) is 0.233. The minimum absolute atomic E-state index is 0.0758. The van der Waals surface area contributed by atoms with Gasteiger partial charge in [-0.2, -0.15) is 0 Å². The number of carbonyl (C=O) groups is 2. The number of rotatable bonds is 7. The second-order valence-corrected chi connectivity index (χ2v) is 6.07. The first-order chi connectivity index (χ1) is 12.7. The third kappa shape index (κ3) is 5.32. The molecule has 26 heavy (non-hydrogen) atoms. The number of para-hydroxylation sites is 1. The molecule has 2 N–H and O–H groups in total. The van der Waals surface area contributed by atoms with Crippen molar-refractivity contribution in [3.05, 3.63) is 60.2 Å². The lowest BCUT2D eigenvalue weighted by Crippen LogP contribution is -2.31. The van der Waals surface area contributed by atoms with Crippen LogP contribution in [-0.4, -0.2) is 37.7 Å². The third-order valence-corrected chi connectivity index (χ3v) is 4.06. The molecule has 6 heteroatoms. The summed E-state index contributed by atoms with van der Waals surface area (Å²) in [6, 6.07) is 15.9. The summed E-state index contributed by atoms with van der Waals surface area (Å²) in [5.41, 5.74) is 1.16. The monoisotopic (exact) mass is 354 g/mol. The summed E-state index contributed by atoms with van der Waals surface area (Å²) >= 11 is 0. The summed E-state index contributed by atoms with van der Waals surface area (Å²) in [6.45, 7) is 1.21. The number of carbonyl (C=O) groups excluding carboxylic acids is 2. The maximum absolute atomic E-state index is 12.1. The molecule has 3 rings (SSSR count). The Hall–Kier alpha value is -2.86. The minimum atomic E-state index is -0.260.